The number of carbonyl (C=O) groups is 2. The van der Waals surface area contributed by atoms with Crippen LogP contribution in [0, 0.1) is 5.92 Å². The van der Waals surface area contributed by atoms with Crippen LogP contribution in [0.15, 0.2) is 42.5 Å². The van der Waals surface area contributed by atoms with E-state index in [4.69, 9.17) is 0 Å². The Morgan fingerprint density at radius 3 is 2.69 bits per heavy atom. The molecule has 1 heterocycles. The number of nitrogens with zero attached hydrogens (tertiary/aromatic N) is 1. The Kier molecular flexibility index (Phi) is 4.60. The van der Waals surface area contributed by atoms with Crippen LogP contribution >= 0.6 is 0 Å². The van der Waals surface area contributed by atoms with Crippen LogP contribution in [0.1, 0.15) is 46.0 Å². The highest BCUT2D eigenvalue weighted by molar-refractivity contribution is 6.22. The monoisotopic (exact) mass is 348 g/mol. The highest BCUT2D eigenvalue weighted by atomic mass is 16.1. The SMILES string of the molecule is CC1CCCN(CCNC(=O)c2ccc3c(c2)C(=O)c2ccccc2-3)C1. The summed E-state index contributed by atoms with van der Waals surface area (Å²) in [6, 6.07) is 13.0. The Hall–Kier alpha value is -2.46. The molecular formula is C22H24N2O2. The standard InChI is InChI=1S/C22H24N2O2/c1-15-5-4-11-24(14-15)12-10-23-22(26)16-8-9-18-17-6-2-3-7-19(17)21(25)20(18)13-16/h2-3,6-9,13,15H,4-5,10-12,14H2,1H3,(H,23,26). The summed E-state index contributed by atoms with van der Waals surface area (Å²) in [6.45, 7) is 6.03. The molecule has 0 aromatic heterocycles. The zero-order valence-corrected chi connectivity index (χ0v) is 15.1. The van der Waals surface area contributed by atoms with Gasteiger partial charge < -0.3 is 10.2 Å². The molecular weight excluding hydrogens is 324 g/mol. The third-order valence-electron chi connectivity index (χ3n) is 5.44. The molecule has 1 aliphatic heterocycles. The first-order chi connectivity index (χ1) is 12.6. The normalized spacial score (nSPS) is 19.1. The molecule has 0 radical (unpaired) electrons. The molecule has 1 aliphatic carbocycles. The largest absolute Gasteiger partial charge is 0.351 e. The summed E-state index contributed by atoms with van der Waals surface area (Å²) < 4.78 is 0. The summed E-state index contributed by atoms with van der Waals surface area (Å²) in [5.74, 6) is 0.637. The van der Waals surface area contributed by atoms with E-state index in [0.29, 0.717) is 17.7 Å². The van der Waals surface area contributed by atoms with Gasteiger partial charge in [0.2, 0.25) is 0 Å². The molecule has 2 aromatic rings. The second kappa shape index (κ2) is 7.04. The van der Waals surface area contributed by atoms with Crippen LogP contribution in [0.25, 0.3) is 11.1 Å². The van der Waals surface area contributed by atoms with E-state index in [-0.39, 0.29) is 11.7 Å². The van der Waals surface area contributed by atoms with Crippen LogP contribution in [-0.2, 0) is 0 Å². The molecule has 134 valence electrons. The number of rotatable bonds is 4. The van der Waals surface area contributed by atoms with E-state index in [9.17, 15) is 9.59 Å². The molecule has 0 bridgehead atoms. The van der Waals surface area contributed by atoms with Crippen molar-refractivity contribution in [1.29, 1.82) is 0 Å². The van der Waals surface area contributed by atoms with Crippen LogP contribution < -0.4 is 5.32 Å². The van der Waals surface area contributed by atoms with Gasteiger partial charge in [0.05, 0.1) is 0 Å². The zero-order chi connectivity index (χ0) is 18.1. The molecule has 0 saturated carbocycles. The lowest BCUT2D eigenvalue weighted by atomic mass is 10.0. The molecule has 26 heavy (non-hydrogen) atoms. The maximum atomic E-state index is 12.6. The van der Waals surface area contributed by atoms with Crippen molar-refractivity contribution in [3.63, 3.8) is 0 Å². The Labute approximate surface area is 154 Å². The maximum Gasteiger partial charge on any atom is 0.251 e. The first kappa shape index (κ1) is 17.0. The van der Waals surface area contributed by atoms with E-state index in [1.54, 1.807) is 6.07 Å². The van der Waals surface area contributed by atoms with Crippen LogP contribution in [-0.4, -0.2) is 42.8 Å². The predicted molar refractivity (Wildman–Crippen MR) is 102 cm³/mol. The first-order valence-electron chi connectivity index (χ1n) is 9.42. The van der Waals surface area contributed by atoms with Gasteiger partial charge in [-0.3, -0.25) is 9.59 Å². The van der Waals surface area contributed by atoms with Gasteiger partial charge in [0.15, 0.2) is 5.78 Å². The van der Waals surface area contributed by atoms with Crippen LogP contribution in [0.4, 0.5) is 0 Å². The Balaban J connectivity index is 1.41. The smallest absolute Gasteiger partial charge is 0.251 e. The minimum absolute atomic E-state index is 0.00699. The minimum Gasteiger partial charge on any atom is -0.351 e. The lowest BCUT2D eigenvalue weighted by Gasteiger charge is -2.30. The van der Waals surface area contributed by atoms with Crippen molar-refractivity contribution in [1.82, 2.24) is 10.2 Å². The highest BCUT2D eigenvalue weighted by Crippen LogP contribution is 2.36. The zero-order valence-electron chi connectivity index (χ0n) is 15.1. The third kappa shape index (κ3) is 3.17. The van der Waals surface area contributed by atoms with Gasteiger partial charge >= 0.3 is 0 Å². The molecule has 1 saturated heterocycles. The number of amides is 1. The van der Waals surface area contributed by atoms with Crippen molar-refractivity contribution in [2.45, 2.75) is 19.8 Å². The van der Waals surface area contributed by atoms with Gasteiger partial charge in [-0.1, -0.05) is 37.3 Å². The number of carbonyl (C=O) groups excluding carboxylic acids is 2. The summed E-state index contributed by atoms with van der Waals surface area (Å²) in [5, 5.41) is 3.00. The number of fused-ring (bicyclic) bond motifs is 3. The van der Waals surface area contributed by atoms with Crippen molar-refractivity contribution in [2.75, 3.05) is 26.2 Å². The Bertz CT molecular complexity index is 859. The molecule has 1 unspecified atom stereocenters. The molecule has 4 rings (SSSR count). The summed E-state index contributed by atoms with van der Waals surface area (Å²) in [4.78, 5) is 27.5. The van der Waals surface area contributed by atoms with Crippen molar-refractivity contribution < 1.29 is 9.59 Å². The van der Waals surface area contributed by atoms with Crippen LogP contribution in [0.5, 0.6) is 0 Å². The third-order valence-corrected chi connectivity index (χ3v) is 5.44. The van der Waals surface area contributed by atoms with E-state index in [1.807, 2.05) is 36.4 Å². The topological polar surface area (TPSA) is 49.4 Å². The summed E-state index contributed by atoms with van der Waals surface area (Å²) in [7, 11) is 0. The number of benzene rings is 2. The van der Waals surface area contributed by atoms with Gasteiger partial charge in [-0.15, -0.1) is 0 Å². The van der Waals surface area contributed by atoms with Gasteiger partial charge in [-0.25, -0.2) is 0 Å². The second-order valence-corrected chi connectivity index (χ2v) is 7.44. The fourth-order valence-electron chi connectivity index (χ4n) is 4.09. The number of nitrogens with one attached hydrogen (secondary N) is 1. The van der Waals surface area contributed by atoms with E-state index in [2.05, 4.69) is 17.1 Å². The van der Waals surface area contributed by atoms with Crippen LogP contribution in [0.3, 0.4) is 0 Å². The van der Waals surface area contributed by atoms with E-state index in [1.165, 1.54) is 12.8 Å². The fraction of sp³-hybridized carbons (Fsp3) is 0.364. The van der Waals surface area contributed by atoms with Gasteiger partial charge in [0, 0.05) is 36.3 Å². The number of hydrogen-bond acceptors (Lipinski definition) is 3. The fourth-order valence-corrected chi connectivity index (χ4v) is 4.09. The molecule has 4 heteroatoms. The lowest BCUT2D eigenvalue weighted by molar-refractivity contribution is 0.0944. The van der Waals surface area contributed by atoms with E-state index in [0.717, 1.165) is 42.2 Å². The number of ketones is 1. The summed E-state index contributed by atoms with van der Waals surface area (Å²) in [5.41, 5.74) is 3.78. The van der Waals surface area contributed by atoms with E-state index >= 15 is 0 Å². The maximum absolute atomic E-state index is 12.6. The molecule has 1 fully saturated rings. The molecule has 0 spiro atoms. The molecule has 2 aliphatic rings. The Morgan fingerprint density at radius 2 is 1.88 bits per heavy atom. The molecule has 1 N–H and O–H groups in total. The minimum atomic E-state index is -0.110. The first-order valence-corrected chi connectivity index (χ1v) is 9.42. The average molecular weight is 348 g/mol. The van der Waals surface area contributed by atoms with Crippen LogP contribution in [0.2, 0.25) is 0 Å². The number of likely N-dealkylation sites (tertiary alicyclic amines) is 1. The van der Waals surface area contributed by atoms with Crippen molar-refractivity contribution in [3.8, 4) is 11.1 Å². The van der Waals surface area contributed by atoms with Crippen molar-refractivity contribution in [3.05, 3.63) is 59.2 Å². The summed E-state index contributed by atoms with van der Waals surface area (Å²) >= 11 is 0. The van der Waals surface area contributed by atoms with Crippen molar-refractivity contribution in [2.24, 2.45) is 5.92 Å². The van der Waals surface area contributed by atoms with E-state index < -0.39 is 0 Å². The molecule has 1 atom stereocenters. The number of hydrogen-bond donors (Lipinski definition) is 1. The van der Waals surface area contributed by atoms with Gasteiger partial charge in [0.25, 0.3) is 5.91 Å². The summed E-state index contributed by atoms with van der Waals surface area (Å²) in [6.07, 6.45) is 2.54. The van der Waals surface area contributed by atoms with Gasteiger partial charge in [0.1, 0.15) is 0 Å². The Morgan fingerprint density at radius 1 is 1.12 bits per heavy atom. The average Bonchev–Trinajstić information content (AvgIpc) is 2.94. The van der Waals surface area contributed by atoms with Crippen molar-refractivity contribution >= 4 is 11.7 Å². The molecule has 2 aromatic carbocycles. The van der Waals surface area contributed by atoms with Gasteiger partial charge in [-0.2, -0.15) is 0 Å². The molecule has 4 nitrogen and oxygen atoms in total. The van der Waals surface area contributed by atoms with Gasteiger partial charge in [-0.05, 0) is 48.6 Å². The lowest BCUT2D eigenvalue weighted by Crippen LogP contribution is -2.40. The molecule has 1 amide bonds. The quantitative estimate of drug-likeness (QED) is 0.786. The second-order valence-electron chi connectivity index (χ2n) is 7.44. The predicted octanol–water partition coefficient (Wildman–Crippen LogP) is 3.36. The number of piperidine rings is 1. The highest BCUT2D eigenvalue weighted by Gasteiger charge is 2.27.